The molecule has 0 saturated carbocycles. The van der Waals surface area contributed by atoms with Crippen molar-refractivity contribution in [3.8, 4) is 0 Å². The molecule has 0 radical (unpaired) electrons. The van der Waals surface area contributed by atoms with Gasteiger partial charge in [0, 0.05) is 12.0 Å². The van der Waals surface area contributed by atoms with E-state index in [0.29, 0.717) is 12.1 Å². The maximum atomic E-state index is 13.0. The van der Waals surface area contributed by atoms with Crippen LogP contribution in [0.25, 0.3) is 0 Å². The van der Waals surface area contributed by atoms with Crippen molar-refractivity contribution < 1.29 is 14.7 Å². The third-order valence-corrected chi connectivity index (χ3v) is 4.45. The number of aliphatic hydroxyl groups is 1. The molecule has 0 spiro atoms. The number of nitrogens with zero attached hydrogens (tertiary/aromatic N) is 1. The number of carbonyl (C=O) groups is 2. The molecule has 0 aromatic heterocycles. The highest BCUT2D eigenvalue weighted by Gasteiger charge is 2.51. The van der Waals surface area contributed by atoms with E-state index in [4.69, 9.17) is 0 Å². The normalized spacial score (nSPS) is 19.5. The van der Waals surface area contributed by atoms with Gasteiger partial charge in [-0.25, -0.2) is 0 Å². The van der Waals surface area contributed by atoms with Gasteiger partial charge in [0.1, 0.15) is 5.78 Å². The van der Waals surface area contributed by atoms with Crippen LogP contribution in [-0.2, 0) is 21.7 Å². The monoisotopic (exact) mass is 323 g/mol. The summed E-state index contributed by atoms with van der Waals surface area (Å²) in [7, 11) is 0. The number of ketones is 1. The van der Waals surface area contributed by atoms with E-state index in [1.165, 1.54) is 6.92 Å². The van der Waals surface area contributed by atoms with Crippen LogP contribution in [0.4, 0.5) is 5.69 Å². The fourth-order valence-electron chi connectivity index (χ4n) is 3.52. The Kier molecular flexibility index (Phi) is 4.01. The van der Waals surface area contributed by atoms with Crippen LogP contribution >= 0.6 is 0 Å². The first kappa shape index (κ1) is 16.4. The van der Waals surface area contributed by atoms with E-state index >= 15 is 0 Å². The second-order valence-electron chi connectivity index (χ2n) is 6.59. The Hall–Kier alpha value is -2.46. The van der Waals surface area contributed by atoms with Crippen molar-refractivity contribution in [1.29, 1.82) is 0 Å². The van der Waals surface area contributed by atoms with Crippen LogP contribution in [0.5, 0.6) is 0 Å². The lowest BCUT2D eigenvalue weighted by atomic mass is 9.88. The number of benzene rings is 2. The number of Topliss-reactive ketones (excluding diaryl/α,β-unsaturated/α-hetero) is 1. The highest BCUT2D eigenvalue weighted by molar-refractivity contribution is 6.09. The molecule has 1 aliphatic heterocycles. The zero-order valence-electron chi connectivity index (χ0n) is 14.2. The molecule has 4 nitrogen and oxygen atoms in total. The van der Waals surface area contributed by atoms with Crippen LogP contribution < -0.4 is 4.90 Å². The zero-order chi connectivity index (χ0) is 17.5. The van der Waals surface area contributed by atoms with Crippen LogP contribution in [0.3, 0.4) is 0 Å². The van der Waals surface area contributed by atoms with Gasteiger partial charge in [-0.1, -0.05) is 48.0 Å². The van der Waals surface area contributed by atoms with Gasteiger partial charge in [0.25, 0.3) is 5.91 Å². The van der Waals surface area contributed by atoms with Crippen molar-refractivity contribution >= 4 is 17.4 Å². The molecule has 0 bridgehead atoms. The molecule has 1 N–H and O–H groups in total. The number of aryl methyl sites for hydroxylation is 2. The second kappa shape index (κ2) is 5.87. The first-order valence-electron chi connectivity index (χ1n) is 8.02. The molecule has 124 valence electrons. The molecule has 2 aromatic rings. The van der Waals surface area contributed by atoms with Crippen LogP contribution in [-0.4, -0.2) is 16.8 Å². The Morgan fingerprint density at radius 1 is 1.17 bits per heavy atom. The molecular weight excluding hydrogens is 302 g/mol. The number of rotatable bonds is 4. The van der Waals surface area contributed by atoms with Gasteiger partial charge >= 0.3 is 0 Å². The third kappa shape index (κ3) is 2.63. The number of amides is 1. The van der Waals surface area contributed by atoms with Gasteiger partial charge in [-0.15, -0.1) is 0 Å². The van der Waals surface area contributed by atoms with Crippen molar-refractivity contribution in [3.05, 3.63) is 64.7 Å². The third-order valence-electron chi connectivity index (χ3n) is 4.45. The molecule has 24 heavy (non-hydrogen) atoms. The van der Waals surface area contributed by atoms with E-state index in [-0.39, 0.29) is 12.2 Å². The summed E-state index contributed by atoms with van der Waals surface area (Å²) in [6, 6.07) is 13.4. The minimum atomic E-state index is -1.77. The average Bonchev–Trinajstić information content (AvgIpc) is 2.70. The fourth-order valence-corrected chi connectivity index (χ4v) is 3.52. The number of anilines is 1. The maximum Gasteiger partial charge on any atom is 0.264 e. The van der Waals surface area contributed by atoms with E-state index in [1.807, 2.05) is 56.3 Å². The summed E-state index contributed by atoms with van der Waals surface area (Å²) in [6.45, 7) is 5.62. The van der Waals surface area contributed by atoms with Gasteiger partial charge in [0.2, 0.25) is 0 Å². The van der Waals surface area contributed by atoms with Gasteiger partial charge in [-0.05, 0) is 31.9 Å². The summed E-state index contributed by atoms with van der Waals surface area (Å²) in [5, 5.41) is 11.1. The number of hydrogen-bond donors (Lipinski definition) is 1. The molecule has 1 unspecified atom stereocenters. The van der Waals surface area contributed by atoms with Crippen molar-refractivity contribution in [1.82, 2.24) is 0 Å². The Balaban J connectivity index is 2.13. The van der Waals surface area contributed by atoms with Crippen molar-refractivity contribution in [2.45, 2.75) is 39.3 Å². The number of hydrogen-bond acceptors (Lipinski definition) is 3. The maximum absolute atomic E-state index is 13.0. The van der Waals surface area contributed by atoms with E-state index in [0.717, 1.165) is 22.4 Å². The van der Waals surface area contributed by atoms with Crippen LogP contribution in [0, 0.1) is 13.8 Å². The highest BCUT2D eigenvalue weighted by Crippen LogP contribution is 2.45. The fraction of sp³-hybridized carbons (Fsp3) is 0.300. The van der Waals surface area contributed by atoms with E-state index in [9.17, 15) is 14.7 Å². The standard InChI is InChI=1S/C20H21NO3/c1-13-9-14(2)18-17(10-13)20(24,11-15(3)22)19(23)21(18)12-16-7-5-4-6-8-16/h4-10,24H,11-12H2,1-3H3. The lowest BCUT2D eigenvalue weighted by Gasteiger charge is -2.22. The molecule has 0 saturated heterocycles. The van der Waals surface area contributed by atoms with Gasteiger partial charge in [0.15, 0.2) is 5.60 Å². The lowest BCUT2D eigenvalue weighted by molar-refractivity contribution is -0.141. The highest BCUT2D eigenvalue weighted by atomic mass is 16.3. The average molecular weight is 323 g/mol. The molecule has 1 amide bonds. The summed E-state index contributed by atoms with van der Waals surface area (Å²) in [4.78, 5) is 26.3. The van der Waals surface area contributed by atoms with E-state index in [1.54, 1.807) is 4.90 Å². The smallest absolute Gasteiger partial charge is 0.264 e. The largest absolute Gasteiger partial charge is 0.375 e. The summed E-state index contributed by atoms with van der Waals surface area (Å²) in [6.07, 6.45) is -0.201. The molecule has 2 aromatic carbocycles. The molecule has 1 heterocycles. The van der Waals surface area contributed by atoms with Gasteiger partial charge in [0.05, 0.1) is 12.2 Å². The van der Waals surface area contributed by atoms with Gasteiger partial charge < -0.3 is 10.0 Å². The summed E-state index contributed by atoms with van der Waals surface area (Å²) >= 11 is 0. The van der Waals surface area contributed by atoms with Crippen LogP contribution in [0.15, 0.2) is 42.5 Å². The van der Waals surface area contributed by atoms with Crippen LogP contribution in [0.1, 0.15) is 35.6 Å². The summed E-state index contributed by atoms with van der Waals surface area (Å²) < 4.78 is 0. The van der Waals surface area contributed by atoms with E-state index in [2.05, 4.69) is 0 Å². The quantitative estimate of drug-likeness (QED) is 0.941. The van der Waals surface area contributed by atoms with Crippen molar-refractivity contribution in [2.24, 2.45) is 0 Å². The summed E-state index contributed by atoms with van der Waals surface area (Å²) in [5.74, 6) is -0.636. The molecular formula is C20H21NO3. The first-order chi connectivity index (χ1) is 11.3. The predicted octanol–water partition coefficient (Wildman–Crippen LogP) is 3.02. The Labute approximate surface area is 141 Å². The Bertz CT molecular complexity index is 813. The van der Waals surface area contributed by atoms with Crippen molar-refractivity contribution in [3.63, 3.8) is 0 Å². The minimum Gasteiger partial charge on any atom is -0.375 e. The molecule has 0 aliphatic carbocycles. The number of fused-ring (bicyclic) bond motifs is 1. The van der Waals surface area contributed by atoms with Gasteiger partial charge in [-0.3, -0.25) is 9.59 Å². The second-order valence-corrected chi connectivity index (χ2v) is 6.59. The molecule has 1 atom stereocenters. The first-order valence-corrected chi connectivity index (χ1v) is 8.02. The molecule has 4 heteroatoms. The zero-order valence-corrected chi connectivity index (χ0v) is 14.2. The van der Waals surface area contributed by atoms with Gasteiger partial charge in [-0.2, -0.15) is 0 Å². The van der Waals surface area contributed by atoms with Crippen molar-refractivity contribution in [2.75, 3.05) is 4.90 Å². The predicted molar refractivity (Wildman–Crippen MR) is 92.7 cm³/mol. The number of carbonyl (C=O) groups excluding carboxylic acids is 2. The minimum absolute atomic E-state index is 0.201. The summed E-state index contributed by atoms with van der Waals surface area (Å²) in [5.41, 5.74) is 2.35. The molecule has 1 aliphatic rings. The topological polar surface area (TPSA) is 57.6 Å². The Morgan fingerprint density at radius 2 is 1.83 bits per heavy atom. The van der Waals surface area contributed by atoms with Crippen LogP contribution in [0.2, 0.25) is 0 Å². The van der Waals surface area contributed by atoms with E-state index < -0.39 is 11.5 Å². The lowest BCUT2D eigenvalue weighted by Crippen LogP contribution is -2.41. The Morgan fingerprint density at radius 3 is 2.46 bits per heavy atom. The SMILES string of the molecule is CC(=O)CC1(O)C(=O)N(Cc2ccccc2)c2c(C)cc(C)cc21. The molecule has 3 rings (SSSR count). The molecule has 0 fully saturated rings.